The van der Waals surface area contributed by atoms with Gasteiger partial charge in [-0.2, -0.15) is 4.98 Å². The Labute approximate surface area is 164 Å². The summed E-state index contributed by atoms with van der Waals surface area (Å²) in [5.74, 6) is 2.37. The Balaban J connectivity index is 1.24. The van der Waals surface area contributed by atoms with Crippen LogP contribution < -0.4 is 4.74 Å². The highest BCUT2D eigenvalue weighted by molar-refractivity contribution is 5.86. The van der Waals surface area contributed by atoms with Crippen molar-refractivity contribution in [2.45, 2.75) is 44.9 Å². The maximum absolute atomic E-state index is 6.42. The van der Waals surface area contributed by atoms with Gasteiger partial charge < -0.3 is 18.6 Å². The number of hydrogen-bond acceptors (Lipinski definition) is 6. The lowest BCUT2D eigenvalue weighted by molar-refractivity contribution is 0.0915. The molecule has 5 rings (SSSR count). The smallest absolute Gasteiger partial charge is 0.240 e. The van der Waals surface area contributed by atoms with Crippen molar-refractivity contribution in [3.8, 4) is 5.75 Å². The van der Waals surface area contributed by atoms with Crippen molar-refractivity contribution in [2.24, 2.45) is 0 Å². The topological polar surface area (TPSA) is 65.5 Å². The molecular formula is C21H26N4O3. The summed E-state index contributed by atoms with van der Waals surface area (Å²) in [4.78, 5) is 6.65. The summed E-state index contributed by atoms with van der Waals surface area (Å²) in [6.07, 6.45) is 5.49. The molecule has 0 N–H and O–H groups in total. The van der Waals surface area contributed by atoms with E-state index in [1.165, 1.54) is 10.9 Å². The average molecular weight is 382 g/mol. The number of ether oxygens (including phenoxy) is 2. The van der Waals surface area contributed by atoms with Crippen LogP contribution in [0.1, 0.15) is 37.0 Å². The van der Waals surface area contributed by atoms with Crippen LogP contribution in [0.15, 0.2) is 35.0 Å². The number of nitrogens with zero attached hydrogens (tertiary/aromatic N) is 4. The molecule has 2 aromatic heterocycles. The number of aryl methyl sites for hydroxylation is 1. The Bertz CT molecular complexity index is 936. The summed E-state index contributed by atoms with van der Waals surface area (Å²) in [5, 5.41) is 5.06. The number of fused-ring (bicyclic) bond motifs is 1. The second kappa shape index (κ2) is 7.56. The first-order chi connectivity index (χ1) is 13.8. The van der Waals surface area contributed by atoms with Gasteiger partial charge in [-0.05, 0) is 44.4 Å². The summed E-state index contributed by atoms with van der Waals surface area (Å²) in [7, 11) is 0. The summed E-state index contributed by atoms with van der Waals surface area (Å²) >= 11 is 0. The zero-order valence-electron chi connectivity index (χ0n) is 16.2. The van der Waals surface area contributed by atoms with Crippen molar-refractivity contribution < 1.29 is 14.0 Å². The normalized spacial score (nSPS) is 21.5. The van der Waals surface area contributed by atoms with Crippen LogP contribution in [-0.4, -0.2) is 52.0 Å². The van der Waals surface area contributed by atoms with Gasteiger partial charge in [0.1, 0.15) is 11.9 Å². The lowest BCUT2D eigenvalue weighted by Gasteiger charge is -2.31. The minimum absolute atomic E-state index is 0.240. The summed E-state index contributed by atoms with van der Waals surface area (Å²) in [5.41, 5.74) is 1.23. The van der Waals surface area contributed by atoms with Gasteiger partial charge in [0.15, 0.2) is 5.82 Å². The number of piperidine rings is 1. The van der Waals surface area contributed by atoms with Crippen molar-refractivity contribution in [2.75, 3.05) is 26.3 Å². The van der Waals surface area contributed by atoms with E-state index in [0.29, 0.717) is 17.8 Å². The number of benzene rings is 1. The molecule has 0 radical (unpaired) electrons. The minimum atomic E-state index is 0.240. The van der Waals surface area contributed by atoms with Gasteiger partial charge in [0.05, 0.1) is 24.7 Å². The number of likely N-dealkylation sites (tertiary alicyclic amines) is 1. The van der Waals surface area contributed by atoms with Gasteiger partial charge in [-0.25, -0.2) is 0 Å². The van der Waals surface area contributed by atoms with Crippen LogP contribution >= 0.6 is 0 Å². The highest BCUT2D eigenvalue weighted by Gasteiger charge is 2.24. The van der Waals surface area contributed by atoms with Gasteiger partial charge in [-0.1, -0.05) is 11.2 Å². The first-order valence-electron chi connectivity index (χ1n) is 10.1. The lowest BCUT2D eigenvalue weighted by Crippen LogP contribution is -2.37. The zero-order chi connectivity index (χ0) is 18.9. The maximum Gasteiger partial charge on any atom is 0.240 e. The fourth-order valence-electron chi connectivity index (χ4n) is 4.28. The SMILES string of the molecule is Cc1noc(CN2CCC(Oc3cccc4c3ccn4C3CCOC3)CC2)n1. The van der Waals surface area contributed by atoms with Gasteiger partial charge >= 0.3 is 0 Å². The Kier molecular flexibility index (Phi) is 4.78. The van der Waals surface area contributed by atoms with E-state index in [2.05, 4.69) is 50.1 Å². The van der Waals surface area contributed by atoms with Crippen molar-refractivity contribution in [3.05, 3.63) is 42.2 Å². The molecule has 2 aliphatic heterocycles. The van der Waals surface area contributed by atoms with E-state index in [9.17, 15) is 0 Å². The monoisotopic (exact) mass is 382 g/mol. The fourth-order valence-corrected chi connectivity index (χ4v) is 4.28. The number of aromatic nitrogens is 3. The van der Waals surface area contributed by atoms with Crippen molar-refractivity contribution >= 4 is 10.9 Å². The van der Waals surface area contributed by atoms with Crippen LogP contribution in [0.2, 0.25) is 0 Å². The van der Waals surface area contributed by atoms with Crippen LogP contribution in [0.4, 0.5) is 0 Å². The molecule has 0 spiro atoms. The Morgan fingerprint density at radius 2 is 2.07 bits per heavy atom. The van der Waals surface area contributed by atoms with Crippen molar-refractivity contribution in [3.63, 3.8) is 0 Å². The first kappa shape index (κ1) is 17.7. The first-order valence-corrected chi connectivity index (χ1v) is 10.1. The maximum atomic E-state index is 6.42. The zero-order valence-corrected chi connectivity index (χ0v) is 16.2. The third-order valence-electron chi connectivity index (χ3n) is 5.78. The Hall–Kier alpha value is -2.38. The average Bonchev–Trinajstić information content (AvgIpc) is 3.44. The number of rotatable bonds is 5. The van der Waals surface area contributed by atoms with E-state index in [1.807, 2.05) is 6.92 Å². The van der Waals surface area contributed by atoms with Crippen LogP contribution in [0.5, 0.6) is 5.75 Å². The molecular weight excluding hydrogens is 356 g/mol. The number of hydrogen-bond donors (Lipinski definition) is 0. The molecule has 7 heteroatoms. The molecule has 148 valence electrons. The minimum Gasteiger partial charge on any atom is -0.490 e. The largest absolute Gasteiger partial charge is 0.490 e. The molecule has 0 saturated carbocycles. The molecule has 3 aromatic rings. The molecule has 1 atom stereocenters. The third kappa shape index (κ3) is 3.52. The molecule has 4 heterocycles. The van der Waals surface area contributed by atoms with Crippen molar-refractivity contribution in [1.82, 2.24) is 19.6 Å². The van der Waals surface area contributed by atoms with E-state index in [1.54, 1.807) is 0 Å². The lowest BCUT2D eigenvalue weighted by atomic mass is 10.1. The molecule has 2 saturated heterocycles. The van der Waals surface area contributed by atoms with E-state index in [4.69, 9.17) is 14.0 Å². The summed E-state index contributed by atoms with van der Waals surface area (Å²) in [6.45, 7) is 6.16. The molecule has 1 unspecified atom stereocenters. The summed E-state index contributed by atoms with van der Waals surface area (Å²) in [6, 6.07) is 8.97. The Morgan fingerprint density at radius 3 is 2.82 bits per heavy atom. The molecule has 0 amide bonds. The van der Waals surface area contributed by atoms with E-state index in [-0.39, 0.29) is 6.10 Å². The van der Waals surface area contributed by atoms with E-state index >= 15 is 0 Å². The fraction of sp³-hybridized carbons (Fsp3) is 0.524. The second-order valence-corrected chi connectivity index (χ2v) is 7.76. The van der Waals surface area contributed by atoms with Crippen LogP contribution in [0, 0.1) is 6.92 Å². The predicted octanol–water partition coefficient (Wildman–Crippen LogP) is 3.34. The van der Waals surface area contributed by atoms with Gasteiger partial charge in [-0.15, -0.1) is 0 Å². The standard InChI is InChI=1S/C21H26N4O3/c1-15-22-21(28-23-15)13-24-9-5-17(6-10-24)27-20-4-2-3-19-18(20)7-11-25(19)16-8-12-26-14-16/h2-4,7,11,16-17H,5-6,8-10,12-14H2,1H3. The van der Waals surface area contributed by atoms with Gasteiger partial charge in [-0.3, -0.25) is 4.90 Å². The summed E-state index contributed by atoms with van der Waals surface area (Å²) < 4.78 is 19.6. The third-order valence-corrected chi connectivity index (χ3v) is 5.78. The van der Waals surface area contributed by atoms with Gasteiger partial charge in [0.25, 0.3) is 0 Å². The Morgan fingerprint density at radius 1 is 1.18 bits per heavy atom. The highest BCUT2D eigenvalue weighted by Crippen LogP contribution is 2.32. The van der Waals surface area contributed by atoms with E-state index < -0.39 is 0 Å². The molecule has 2 fully saturated rings. The van der Waals surface area contributed by atoms with Crippen LogP contribution in [0.3, 0.4) is 0 Å². The van der Waals surface area contributed by atoms with Crippen LogP contribution in [-0.2, 0) is 11.3 Å². The molecule has 1 aromatic carbocycles. The second-order valence-electron chi connectivity index (χ2n) is 7.76. The molecule has 0 bridgehead atoms. The van der Waals surface area contributed by atoms with Crippen LogP contribution in [0.25, 0.3) is 10.9 Å². The van der Waals surface area contributed by atoms with Crippen molar-refractivity contribution in [1.29, 1.82) is 0 Å². The van der Waals surface area contributed by atoms with Gasteiger partial charge in [0, 0.05) is 31.3 Å². The van der Waals surface area contributed by atoms with Gasteiger partial charge in [0.2, 0.25) is 5.89 Å². The quantitative estimate of drug-likeness (QED) is 0.674. The molecule has 2 aliphatic rings. The predicted molar refractivity (Wildman–Crippen MR) is 104 cm³/mol. The molecule has 0 aliphatic carbocycles. The molecule has 7 nitrogen and oxygen atoms in total. The highest BCUT2D eigenvalue weighted by atomic mass is 16.5. The van der Waals surface area contributed by atoms with E-state index in [0.717, 1.165) is 57.9 Å². The molecule has 28 heavy (non-hydrogen) atoms.